The summed E-state index contributed by atoms with van der Waals surface area (Å²) in [5.41, 5.74) is -0.909. The maximum atomic E-state index is 11.4. The molecular weight excluding hydrogens is 418 g/mol. The van der Waals surface area contributed by atoms with Crippen LogP contribution in [-0.4, -0.2) is 56.6 Å². The van der Waals surface area contributed by atoms with Crippen LogP contribution in [0.25, 0.3) is 0 Å². The summed E-state index contributed by atoms with van der Waals surface area (Å²) in [4.78, 5) is 45.3. The molecule has 0 aliphatic rings. The predicted molar refractivity (Wildman–Crippen MR) is 111 cm³/mol. The molecule has 0 heterocycles. The zero-order valence-corrected chi connectivity index (χ0v) is 17.0. The number of benzene rings is 2. The van der Waals surface area contributed by atoms with E-state index in [4.69, 9.17) is 10.2 Å². The van der Waals surface area contributed by atoms with Gasteiger partial charge in [-0.25, -0.2) is 19.2 Å². The fourth-order valence-electron chi connectivity index (χ4n) is 2.75. The summed E-state index contributed by atoms with van der Waals surface area (Å²) in [5, 5.41) is 37.9. The van der Waals surface area contributed by atoms with Gasteiger partial charge < -0.3 is 20.4 Å². The highest BCUT2D eigenvalue weighted by atomic mass is 31.1. The number of rotatable bonds is 10. The fraction of sp³-hybridized carbons (Fsp3) is 0.158. The van der Waals surface area contributed by atoms with E-state index in [0.29, 0.717) is 29.4 Å². The Bertz CT molecular complexity index is 893. The number of carbonyl (C=O) groups is 4. The van der Waals surface area contributed by atoms with Crippen LogP contribution in [0.4, 0.5) is 0 Å². The molecule has 0 radical (unpaired) electrons. The van der Waals surface area contributed by atoms with Crippen LogP contribution in [0.2, 0.25) is 0 Å². The van der Waals surface area contributed by atoms with Crippen molar-refractivity contribution in [3.05, 3.63) is 58.7 Å². The molecule has 0 fully saturated rings. The average Bonchev–Trinajstić information content (AvgIpc) is 2.66. The number of carboxylic acids is 4. The monoisotopic (exact) mass is 436 g/mol. The Hall–Kier alpha value is -2.82. The molecular formula is C19H18O8P2. The van der Waals surface area contributed by atoms with Crippen LogP contribution in [-0.2, 0) is 0 Å². The lowest BCUT2D eigenvalue weighted by Gasteiger charge is -2.10. The first-order valence-electron chi connectivity index (χ1n) is 8.41. The van der Waals surface area contributed by atoms with E-state index in [-0.39, 0.29) is 39.4 Å². The van der Waals surface area contributed by atoms with Crippen molar-refractivity contribution in [1.29, 1.82) is 0 Å². The quantitative estimate of drug-likeness (QED) is 0.327. The van der Waals surface area contributed by atoms with Crippen molar-refractivity contribution in [3.63, 3.8) is 0 Å². The van der Waals surface area contributed by atoms with Crippen molar-refractivity contribution in [1.82, 2.24) is 0 Å². The van der Waals surface area contributed by atoms with E-state index in [1.54, 1.807) is 12.1 Å². The molecule has 0 saturated carbocycles. The fourth-order valence-corrected chi connectivity index (χ4v) is 5.62. The van der Waals surface area contributed by atoms with Crippen molar-refractivity contribution < 1.29 is 39.6 Å². The summed E-state index contributed by atoms with van der Waals surface area (Å²) in [7, 11) is 0.178. The van der Waals surface area contributed by atoms with E-state index in [2.05, 4.69) is 0 Å². The van der Waals surface area contributed by atoms with Crippen LogP contribution in [0.1, 0.15) is 47.9 Å². The highest BCUT2D eigenvalue weighted by molar-refractivity contribution is 7.48. The summed E-state index contributed by atoms with van der Waals surface area (Å²) in [5.74, 6) is -5.17. The molecule has 0 bridgehead atoms. The van der Waals surface area contributed by atoms with Gasteiger partial charge in [-0.05, 0) is 41.5 Å². The first kappa shape index (κ1) is 22.5. The number of hydrogen-bond acceptors (Lipinski definition) is 4. The molecule has 0 aliphatic heterocycles. The lowest BCUT2D eigenvalue weighted by molar-refractivity contribution is 0.0652. The summed E-state index contributed by atoms with van der Waals surface area (Å²) in [6.07, 6.45) is 1.87. The van der Waals surface area contributed by atoms with Crippen LogP contribution >= 0.6 is 17.2 Å². The van der Waals surface area contributed by atoms with Crippen LogP contribution in [0.3, 0.4) is 0 Å². The summed E-state index contributed by atoms with van der Waals surface area (Å²) >= 11 is 0. The number of carboxylic acid groups (broad SMARTS) is 4. The van der Waals surface area contributed by atoms with Gasteiger partial charge in [-0.15, -0.1) is 0 Å². The highest BCUT2D eigenvalue weighted by Gasteiger charge is 2.21. The van der Waals surface area contributed by atoms with Crippen LogP contribution in [0.5, 0.6) is 0 Å². The molecule has 0 amide bonds. The molecule has 0 aliphatic carbocycles. The second-order valence-corrected chi connectivity index (χ2v) is 8.67. The molecule has 2 unspecified atom stereocenters. The van der Waals surface area contributed by atoms with E-state index in [1.165, 1.54) is 24.3 Å². The van der Waals surface area contributed by atoms with Gasteiger partial charge in [-0.1, -0.05) is 41.4 Å². The van der Waals surface area contributed by atoms with Gasteiger partial charge in [0.1, 0.15) is 0 Å². The van der Waals surface area contributed by atoms with E-state index in [0.717, 1.165) is 0 Å². The molecule has 0 saturated heterocycles. The summed E-state index contributed by atoms with van der Waals surface area (Å²) in [6, 6.07) is 8.71. The zero-order valence-electron chi connectivity index (χ0n) is 15.0. The van der Waals surface area contributed by atoms with Gasteiger partial charge in [-0.2, -0.15) is 0 Å². The molecule has 10 heteroatoms. The minimum Gasteiger partial charge on any atom is -0.478 e. The van der Waals surface area contributed by atoms with Gasteiger partial charge >= 0.3 is 23.9 Å². The van der Waals surface area contributed by atoms with Crippen molar-refractivity contribution in [2.75, 3.05) is 12.3 Å². The van der Waals surface area contributed by atoms with Gasteiger partial charge in [0.05, 0.1) is 22.3 Å². The van der Waals surface area contributed by atoms with Gasteiger partial charge in [0.15, 0.2) is 0 Å². The maximum absolute atomic E-state index is 11.4. The Kier molecular flexibility index (Phi) is 7.82. The second kappa shape index (κ2) is 10.1. The van der Waals surface area contributed by atoms with Gasteiger partial charge in [-0.3, -0.25) is 0 Å². The molecule has 2 aromatic rings. The molecule has 152 valence electrons. The number of aromatic carboxylic acids is 4. The second-order valence-electron chi connectivity index (χ2n) is 5.88. The molecule has 2 aromatic carbocycles. The molecule has 29 heavy (non-hydrogen) atoms. The third-order valence-corrected chi connectivity index (χ3v) is 6.80. The van der Waals surface area contributed by atoms with Crippen molar-refractivity contribution in [2.45, 2.75) is 6.42 Å². The minimum atomic E-state index is -1.30. The Morgan fingerprint density at radius 1 is 0.621 bits per heavy atom. The lowest BCUT2D eigenvalue weighted by atomic mass is 10.1. The largest absolute Gasteiger partial charge is 0.478 e. The minimum absolute atomic E-state index is 0.0888. The molecule has 2 rings (SSSR count). The zero-order chi connectivity index (χ0) is 21.6. The predicted octanol–water partition coefficient (Wildman–Crippen LogP) is 2.18. The Morgan fingerprint density at radius 2 is 1.00 bits per heavy atom. The normalized spacial score (nSPS) is 11.3. The van der Waals surface area contributed by atoms with E-state index >= 15 is 0 Å². The third-order valence-electron chi connectivity index (χ3n) is 4.00. The molecule has 0 aromatic heterocycles. The molecule has 2 atom stereocenters. The van der Waals surface area contributed by atoms with Crippen LogP contribution in [0.15, 0.2) is 36.4 Å². The van der Waals surface area contributed by atoms with Gasteiger partial charge in [0.2, 0.25) is 0 Å². The van der Waals surface area contributed by atoms with E-state index in [1.807, 2.05) is 0 Å². The lowest BCUT2D eigenvalue weighted by Crippen LogP contribution is -2.18. The smallest absolute Gasteiger partial charge is 0.337 e. The average molecular weight is 436 g/mol. The summed E-state index contributed by atoms with van der Waals surface area (Å²) in [6.45, 7) is 0. The van der Waals surface area contributed by atoms with E-state index in [9.17, 15) is 29.4 Å². The topological polar surface area (TPSA) is 149 Å². The van der Waals surface area contributed by atoms with Gasteiger partial charge in [0, 0.05) is 0 Å². The Labute approximate surface area is 169 Å². The maximum Gasteiger partial charge on any atom is 0.337 e. The number of hydrogen-bond donors (Lipinski definition) is 4. The third kappa shape index (κ3) is 5.59. The SMILES string of the molecule is O=C(O)c1cccc(PCCCPc2cccc(C(=O)O)c2C(=O)O)c1C(=O)O. The highest BCUT2D eigenvalue weighted by Crippen LogP contribution is 2.22. The first-order valence-corrected chi connectivity index (χ1v) is 10.8. The van der Waals surface area contributed by atoms with Gasteiger partial charge in [0.25, 0.3) is 0 Å². The molecule has 4 N–H and O–H groups in total. The van der Waals surface area contributed by atoms with Crippen LogP contribution < -0.4 is 10.6 Å². The first-order chi connectivity index (χ1) is 13.7. The van der Waals surface area contributed by atoms with Crippen LogP contribution in [0, 0.1) is 0 Å². The van der Waals surface area contributed by atoms with Crippen molar-refractivity contribution in [2.24, 2.45) is 0 Å². The standard InChI is InChI=1S/C19H18O8P2/c20-16(21)10-4-1-6-12(14(10)18(24)25)28-8-3-9-29-13-7-2-5-11(17(22)23)15(13)19(26)27/h1-2,4-7,28-29H,3,8-9H2,(H,20,21)(H,22,23)(H,24,25)(H,26,27). The van der Waals surface area contributed by atoms with Crippen molar-refractivity contribution >= 4 is 51.6 Å². The summed E-state index contributed by atoms with van der Waals surface area (Å²) < 4.78 is 0. The molecule has 0 spiro atoms. The van der Waals surface area contributed by atoms with E-state index < -0.39 is 23.9 Å². The Morgan fingerprint density at radius 3 is 1.31 bits per heavy atom. The van der Waals surface area contributed by atoms with Crippen molar-refractivity contribution in [3.8, 4) is 0 Å². The Balaban J connectivity index is 2.03. The molecule has 8 nitrogen and oxygen atoms in total.